The van der Waals surface area contributed by atoms with E-state index in [1.807, 2.05) is 19.3 Å². The summed E-state index contributed by atoms with van der Waals surface area (Å²) in [4.78, 5) is 39.6. The molecule has 3 heterocycles. The number of nitrogens with one attached hydrogen (secondary N) is 1. The number of piperidine rings is 1. The fourth-order valence-electron chi connectivity index (χ4n) is 3.21. The lowest BCUT2D eigenvalue weighted by Gasteiger charge is -2.44. The molecule has 1 aromatic heterocycles. The van der Waals surface area contributed by atoms with Crippen molar-refractivity contribution in [1.82, 2.24) is 19.7 Å². The third-order valence-corrected chi connectivity index (χ3v) is 4.47. The molecule has 2 fully saturated rings. The maximum Gasteiger partial charge on any atom is 0.268 e. The van der Waals surface area contributed by atoms with Gasteiger partial charge < -0.3 is 19.7 Å². The number of carbonyl (C=O) groups is 3. The fraction of sp³-hybridized carbons (Fsp3) is 0.533. The molecule has 0 spiro atoms. The summed E-state index contributed by atoms with van der Waals surface area (Å²) in [5.41, 5.74) is 0.589. The highest BCUT2D eigenvalue weighted by atomic mass is 16.2. The van der Waals surface area contributed by atoms with E-state index in [1.165, 1.54) is 4.90 Å². The van der Waals surface area contributed by atoms with Crippen molar-refractivity contribution in [3.8, 4) is 0 Å². The van der Waals surface area contributed by atoms with Crippen molar-refractivity contribution in [2.75, 3.05) is 20.1 Å². The summed E-state index contributed by atoms with van der Waals surface area (Å²) < 4.78 is 1.76. The molecule has 0 bridgehead atoms. The smallest absolute Gasteiger partial charge is 0.268 e. The summed E-state index contributed by atoms with van der Waals surface area (Å²) in [6.45, 7) is 0.664. The molecule has 1 aromatic rings. The molecule has 3 rings (SSSR count). The average molecular weight is 304 g/mol. The van der Waals surface area contributed by atoms with Gasteiger partial charge in [-0.15, -0.1) is 0 Å². The second-order valence-corrected chi connectivity index (χ2v) is 6.00. The van der Waals surface area contributed by atoms with Crippen molar-refractivity contribution in [2.24, 2.45) is 7.05 Å². The Morgan fingerprint density at radius 1 is 1.32 bits per heavy atom. The summed E-state index contributed by atoms with van der Waals surface area (Å²) >= 11 is 0. The Bertz CT molecular complexity index is 624. The summed E-state index contributed by atoms with van der Waals surface area (Å²) in [5.74, 6) is -0.203. The molecule has 2 unspecified atom stereocenters. The zero-order chi connectivity index (χ0) is 15.9. The number of likely N-dealkylation sites (N-methyl/N-ethyl adjacent to an activating group) is 1. The normalized spacial score (nSPS) is 25.2. The topological polar surface area (TPSA) is 74.7 Å². The molecular weight excluding hydrogens is 284 g/mol. The van der Waals surface area contributed by atoms with E-state index in [2.05, 4.69) is 5.32 Å². The number of aromatic nitrogens is 1. The van der Waals surface area contributed by atoms with Crippen LogP contribution in [-0.2, 0) is 16.6 Å². The lowest BCUT2D eigenvalue weighted by atomic mass is 9.94. The van der Waals surface area contributed by atoms with Gasteiger partial charge in [0.25, 0.3) is 5.91 Å². The van der Waals surface area contributed by atoms with Crippen LogP contribution in [0.25, 0.3) is 0 Å². The number of nitrogens with zero attached hydrogens (tertiary/aromatic N) is 3. The molecule has 0 aromatic carbocycles. The van der Waals surface area contributed by atoms with E-state index >= 15 is 0 Å². The van der Waals surface area contributed by atoms with E-state index in [0.29, 0.717) is 25.1 Å². The number of rotatable bonds is 2. The summed E-state index contributed by atoms with van der Waals surface area (Å²) in [5, 5.41) is 2.98. The number of carbonyl (C=O) groups excluding carboxylic acids is 3. The first-order chi connectivity index (χ1) is 10.5. The first-order valence-corrected chi connectivity index (χ1v) is 7.44. The van der Waals surface area contributed by atoms with Gasteiger partial charge in [0.2, 0.25) is 11.8 Å². The Morgan fingerprint density at radius 2 is 2.09 bits per heavy atom. The highest BCUT2D eigenvalue weighted by molar-refractivity contribution is 5.95. The summed E-state index contributed by atoms with van der Waals surface area (Å²) in [6, 6.07) is 3.04. The molecule has 7 heteroatoms. The third kappa shape index (κ3) is 2.47. The van der Waals surface area contributed by atoms with Crippen molar-refractivity contribution in [1.29, 1.82) is 0 Å². The van der Waals surface area contributed by atoms with Crippen molar-refractivity contribution in [3.05, 3.63) is 24.0 Å². The number of aryl methyl sites for hydroxylation is 1. The lowest BCUT2D eigenvalue weighted by molar-refractivity contribution is -0.156. The van der Waals surface area contributed by atoms with E-state index < -0.39 is 6.04 Å². The van der Waals surface area contributed by atoms with Crippen LogP contribution in [0.2, 0.25) is 0 Å². The van der Waals surface area contributed by atoms with Gasteiger partial charge in [-0.1, -0.05) is 0 Å². The molecule has 7 nitrogen and oxygen atoms in total. The fourth-order valence-corrected chi connectivity index (χ4v) is 3.21. The zero-order valence-corrected chi connectivity index (χ0v) is 12.8. The Hall–Kier alpha value is -2.31. The van der Waals surface area contributed by atoms with Gasteiger partial charge in [-0.25, -0.2) is 0 Å². The molecule has 118 valence electrons. The molecule has 2 aliphatic heterocycles. The van der Waals surface area contributed by atoms with Crippen molar-refractivity contribution >= 4 is 17.7 Å². The number of hydrogen-bond donors (Lipinski definition) is 1. The Kier molecular flexibility index (Phi) is 3.64. The predicted octanol–water partition coefficient (Wildman–Crippen LogP) is -0.413. The number of piperazine rings is 1. The van der Waals surface area contributed by atoms with Gasteiger partial charge in [0, 0.05) is 32.9 Å². The molecule has 0 aliphatic carbocycles. The van der Waals surface area contributed by atoms with Gasteiger partial charge in [-0.05, 0) is 25.0 Å². The Balaban J connectivity index is 1.68. The van der Waals surface area contributed by atoms with Gasteiger partial charge in [-0.3, -0.25) is 14.4 Å². The van der Waals surface area contributed by atoms with Gasteiger partial charge >= 0.3 is 0 Å². The van der Waals surface area contributed by atoms with Crippen LogP contribution in [0.1, 0.15) is 23.3 Å². The molecule has 2 saturated heterocycles. The van der Waals surface area contributed by atoms with Crippen LogP contribution < -0.4 is 5.32 Å². The van der Waals surface area contributed by atoms with Crippen LogP contribution in [0.5, 0.6) is 0 Å². The second kappa shape index (κ2) is 5.47. The lowest BCUT2D eigenvalue weighted by Crippen LogP contribution is -2.63. The zero-order valence-electron chi connectivity index (χ0n) is 12.8. The van der Waals surface area contributed by atoms with Gasteiger partial charge in [0.15, 0.2) is 0 Å². The van der Waals surface area contributed by atoms with Gasteiger partial charge in [0.1, 0.15) is 11.7 Å². The van der Waals surface area contributed by atoms with E-state index in [-0.39, 0.29) is 30.3 Å². The molecule has 1 N–H and O–H groups in total. The minimum absolute atomic E-state index is 0.0145. The molecular formula is C15H20N4O3. The van der Waals surface area contributed by atoms with E-state index in [1.54, 1.807) is 22.6 Å². The van der Waals surface area contributed by atoms with Gasteiger partial charge in [0.05, 0.1) is 6.54 Å². The van der Waals surface area contributed by atoms with Crippen LogP contribution in [-0.4, -0.2) is 64.3 Å². The minimum atomic E-state index is -0.446. The Labute approximate surface area is 128 Å². The maximum absolute atomic E-state index is 12.3. The van der Waals surface area contributed by atoms with Crippen molar-refractivity contribution in [2.45, 2.75) is 24.9 Å². The molecule has 2 aliphatic rings. The average Bonchev–Trinajstić information content (AvgIpc) is 2.91. The maximum atomic E-state index is 12.3. The Morgan fingerprint density at radius 3 is 2.77 bits per heavy atom. The highest BCUT2D eigenvalue weighted by Gasteiger charge is 2.42. The number of fused-ring (bicyclic) bond motifs is 1. The molecule has 0 saturated carbocycles. The first-order valence-electron chi connectivity index (χ1n) is 7.44. The predicted molar refractivity (Wildman–Crippen MR) is 79.0 cm³/mol. The van der Waals surface area contributed by atoms with E-state index in [0.717, 1.165) is 0 Å². The molecule has 3 amide bonds. The number of hydrogen-bond acceptors (Lipinski definition) is 3. The molecule has 0 radical (unpaired) electrons. The highest BCUT2D eigenvalue weighted by Crippen LogP contribution is 2.23. The summed E-state index contributed by atoms with van der Waals surface area (Å²) in [7, 11) is 3.46. The quantitative estimate of drug-likeness (QED) is 0.807. The van der Waals surface area contributed by atoms with Crippen molar-refractivity contribution in [3.63, 3.8) is 0 Å². The SMILES string of the molecule is CN1CC(=O)N2CCC(NC(=O)c3cccn3C)CC2C1=O. The second-order valence-electron chi connectivity index (χ2n) is 6.00. The van der Waals surface area contributed by atoms with Crippen LogP contribution in [0.3, 0.4) is 0 Å². The van der Waals surface area contributed by atoms with E-state index in [9.17, 15) is 14.4 Å². The van der Waals surface area contributed by atoms with Crippen molar-refractivity contribution < 1.29 is 14.4 Å². The summed E-state index contributed by atoms with van der Waals surface area (Å²) in [6.07, 6.45) is 2.97. The largest absolute Gasteiger partial charge is 0.348 e. The van der Waals surface area contributed by atoms with Gasteiger partial charge in [-0.2, -0.15) is 0 Å². The first kappa shape index (κ1) is 14.6. The van der Waals surface area contributed by atoms with Crippen LogP contribution in [0, 0.1) is 0 Å². The molecule has 2 atom stereocenters. The van der Waals surface area contributed by atoms with Crippen LogP contribution >= 0.6 is 0 Å². The monoisotopic (exact) mass is 304 g/mol. The number of amides is 3. The van der Waals surface area contributed by atoms with Crippen LogP contribution in [0.4, 0.5) is 0 Å². The molecule has 22 heavy (non-hydrogen) atoms. The van der Waals surface area contributed by atoms with Crippen LogP contribution in [0.15, 0.2) is 18.3 Å². The minimum Gasteiger partial charge on any atom is -0.348 e. The standard InChI is InChI=1S/C15H20N4O3/c1-17-6-3-4-11(17)14(21)16-10-5-7-19-12(8-10)15(22)18(2)9-13(19)20/h3-4,6,10,12H,5,7-9H2,1-2H3,(H,16,21). The van der Waals surface area contributed by atoms with E-state index in [4.69, 9.17) is 0 Å². The third-order valence-electron chi connectivity index (χ3n) is 4.47.